The number of Topliss-reactive ketones (excluding diaryl/α,β-unsaturated/α-hetero) is 1. The van der Waals surface area contributed by atoms with Gasteiger partial charge in [0.25, 0.3) is 0 Å². The average Bonchev–Trinajstić information content (AvgIpc) is 2.86. The van der Waals surface area contributed by atoms with Crippen LogP contribution in [-0.4, -0.2) is 32.6 Å². The Kier molecular flexibility index (Phi) is 7.29. The van der Waals surface area contributed by atoms with Gasteiger partial charge in [0.15, 0.2) is 17.3 Å². The number of rotatable bonds is 7. The number of hydrogen-bond donors (Lipinski definition) is 1. The van der Waals surface area contributed by atoms with E-state index in [1.165, 1.54) is 0 Å². The maximum atomic E-state index is 13.7. The van der Waals surface area contributed by atoms with Gasteiger partial charge in [-0.1, -0.05) is 56.8 Å². The summed E-state index contributed by atoms with van der Waals surface area (Å²) in [6, 6.07) is 15.6. The molecule has 2 aromatic rings. The van der Waals surface area contributed by atoms with E-state index in [-0.39, 0.29) is 23.6 Å². The molecule has 4 rings (SSSR count). The third-order valence-electron chi connectivity index (χ3n) is 6.69. The van der Waals surface area contributed by atoms with E-state index in [9.17, 15) is 9.59 Å². The minimum atomic E-state index is -0.733. The summed E-state index contributed by atoms with van der Waals surface area (Å²) in [6.07, 6.45) is 1.05. The fraction of sp³-hybridized carbons (Fsp3) is 0.379. The maximum absolute atomic E-state index is 13.7. The van der Waals surface area contributed by atoms with Crippen LogP contribution in [0.3, 0.4) is 0 Å². The van der Waals surface area contributed by atoms with Crippen molar-refractivity contribution in [2.24, 2.45) is 11.8 Å². The van der Waals surface area contributed by atoms with Crippen LogP contribution in [0.25, 0.3) is 0 Å². The van der Waals surface area contributed by atoms with Crippen molar-refractivity contribution in [2.75, 3.05) is 20.8 Å². The number of hydrogen-bond acceptors (Lipinski definition) is 6. The van der Waals surface area contributed by atoms with Crippen molar-refractivity contribution < 1.29 is 23.8 Å². The number of esters is 1. The van der Waals surface area contributed by atoms with Gasteiger partial charge in [-0.2, -0.15) is 0 Å². The van der Waals surface area contributed by atoms with Crippen LogP contribution >= 0.6 is 0 Å². The quantitative estimate of drug-likeness (QED) is 0.561. The number of carbonyl (C=O) groups is 2. The Balaban J connectivity index is 1.80. The molecule has 6 heteroatoms. The molecule has 0 saturated heterocycles. The molecule has 3 atom stereocenters. The number of allylic oxidation sites excluding steroid dienone is 2. The molecular formula is C29H33NO5. The standard InChI is InChI=1S/C29H33NO5/c1-17(2)16-35-29(32)26-18(3)30-22-13-21(19-9-7-6-8-10-19)14-23(31)28(22)27(26)20-11-12-24(33-4)25(15-20)34-5/h6-12,15,17,21,26-27,30H,3,13-14,16H2,1-2,4-5H3. The van der Waals surface area contributed by atoms with E-state index in [2.05, 4.69) is 24.0 Å². The SMILES string of the molecule is C=C1NC2=C(C(=O)CC(c3ccccc3)C2)C(c2ccc(OC)c(OC)c2)C1C(=O)OCC(C)C. The first kappa shape index (κ1) is 24.6. The minimum Gasteiger partial charge on any atom is -0.493 e. The van der Waals surface area contributed by atoms with E-state index in [0.717, 1.165) is 16.8 Å². The summed E-state index contributed by atoms with van der Waals surface area (Å²) in [5, 5.41) is 3.33. The lowest BCUT2D eigenvalue weighted by Crippen LogP contribution is -2.42. The molecule has 2 aromatic carbocycles. The Morgan fingerprint density at radius 3 is 2.40 bits per heavy atom. The van der Waals surface area contributed by atoms with Crippen LogP contribution in [0.1, 0.15) is 49.7 Å². The summed E-state index contributed by atoms with van der Waals surface area (Å²) < 4.78 is 16.6. The van der Waals surface area contributed by atoms with E-state index in [0.29, 0.717) is 42.2 Å². The Hall–Kier alpha value is -3.54. The van der Waals surface area contributed by atoms with Gasteiger partial charge >= 0.3 is 5.97 Å². The second kappa shape index (κ2) is 10.4. The second-order valence-electron chi connectivity index (χ2n) is 9.58. The van der Waals surface area contributed by atoms with E-state index < -0.39 is 11.8 Å². The average molecular weight is 476 g/mol. The Labute approximate surface area is 207 Å². The van der Waals surface area contributed by atoms with Gasteiger partial charge in [-0.15, -0.1) is 0 Å². The van der Waals surface area contributed by atoms with E-state index in [4.69, 9.17) is 14.2 Å². The van der Waals surface area contributed by atoms with Gasteiger partial charge in [0, 0.05) is 29.3 Å². The van der Waals surface area contributed by atoms with Crippen molar-refractivity contribution in [3.63, 3.8) is 0 Å². The van der Waals surface area contributed by atoms with Crippen LogP contribution in [0.2, 0.25) is 0 Å². The minimum absolute atomic E-state index is 0.0292. The smallest absolute Gasteiger partial charge is 0.315 e. The largest absolute Gasteiger partial charge is 0.493 e. The van der Waals surface area contributed by atoms with Crippen molar-refractivity contribution in [3.05, 3.63) is 83.2 Å². The third-order valence-corrected chi connectivity index (χ3v) is 6.69. The van der Waals surface area contributed by atoms with Gasteiger partial charge in [-0.05, 0) is 41.5 Å². The highest BCUT2D eigenvalue weighted by Gasteiger charge is 2.45. The topological polar surface area (TPSA) is 73.9 Å². The monoisotopic (exact) mass is 475 g/mol. The molecule has 1 N–H and O–H groups in total. The number of nitrogens with one attached hydrogen (secondary N) is 1. The predicted octanol–water partition coefficient (Wildman–Crippen LogP) is 5.12. The lowest BCUT2D eigenvalue weighted by molar-refractivity contribution is -0.149. The fourth-order valence-electron chi connectivity index (χ4n) is 5.03. The zero-order valence-electron chi connectivity index (χ0n) is 20.8. The highest BCUT2D eigenvalue weighted by molar-refractivity contribution is 6.01. The van der Waals surface area contributed by atoms with Crippen LogP contribution in [0.5, 0.6) is 11.5 Å². The number of ketones is 1. The normalized spacial score (nSPS) is 21.9. The second-order valence-corrected chi connectivity index (χ2v) is 9.58. The Morgan fingerprint density at radius 2 is 1.74 bits per heavy atom. The number of benzene rings is 2. The van der Waals surface area contributed by atoms with E-state index >= 15 is 0 Å². The van der Waals surface area contributed by atoms with Crippen molar-refractivity contribution in [3.8, 4) is 11.5 Å². The zero-order valence-corrected chi connectivity index (χ0v) is 20.8. The third kappa shape index (κ3) is 4.97. The molecule has 1 heterocycles. The van der Waals surface area contributed by atoms with Crippen LogP contribution in [-0.2, 0) is 14.3 Å². The summed E-state index contributed by atoms with van der Waals surface area (Å²) in [5.41, 5.74) is 3.91. The van der Waals surface area contributed by atoms with Crippen molar-refractivity contribution >= 4 is 11.8 Å². The molecule has 2 aliphatic rings. The van der Waals surface area contributed by atoms with Crippen LogP contribution < -0.4 is 14.8 Å². The van der Waals surface area contributed by atoms with Crippen molar-refractivity contribution in [1.82, 2.24) is 5.32 Å². The molecule has 0 bridgehead atoms. The number of methoxy groups -OCH3 is 2. The molecular weight excluding hydrogens is 442 g/mol. The molecule has 1 aliphatic carbocycles. The molecule has 0 saturated carbocycles. The number of ether oxygens (including phenoxy) is 3. The van der Waals surface area contributed by atoms with Gasteiger partial charge in [0.05, 0.1) is 20.8 Å². The van der Waals surface area contributed by atoms with Crippen molar-refractivity contribution in [1.29, 1.82) is 0 Å². The fourth-order valence-corrected chi connectivity index (χ4v) is 5.03. The Bertz CT molecular complexity index is 1150. The van der Waals surface area contributed by atoms with E-state index in [1.54, 1.807) is 20.3 Å². The number of carbonyl (C=O) groups excluding carboxylic acids is 2. The van der Waals surface area contributed by atoms with Gasteiger partial charge in [0.1, 0.15) is 5.92 Å². The molecule has 0 aromatic heterocycles. The van der Waals surface area contributed by atoms with Gasteiger partial charge in [-0.25, -0.2) is 0 Å². The van der Waals surface area contributed by atoms with Crippen LogP contribution in [0, 0.1) is 11.8 Å². The molecule has 184 valence electrons. The first-order valence-corrected chi connectivity index (χ1v) is 12.0. The van der Waals surface area contributed by atoms with Crippen molar-refractivity contribution in [2.45, 2.75) is 38.5 Å². The first-order valence-electron chi connectivity index (χ1n) is 12.0. The molecule has 0 radical (unpaired) electrons. The predicted molar refractivity (Wildman–Crippen MR) is 134 cm³/mol. The molecule has 1 aliphatic heterocycles. The van der Waals surface area contributed by atoms with E-state index in [1.807, 2.05) is 44.2 Å². The summed E-state index contributed by atoms with van der Waals surface area (Å²) in [6.45, 7) is 8.48. The molecule has 0 spiro atoms. The lowest BCUT2D eigenvalue weighted by Gasteiger charge is -2.40. The molecule has 3 unspecified atom stereocenters. The summed E-state index contributed by atoms with van der Waals surface area (Å²) in [5.74, 6) is -0.237. The zero-order chi connectivity index (χ0) is 25.1. The van der Waals surface area contributed by atoms with Crippen LogP contribution in [0.15, 0.2) is 72.1 Å². The Morgan fingerprint density at radius 1 is 1.03 bits per heavy atom. The molecule has 35 heavy (non-hydrogen) atoms. The molecule has 6 nitrogen and oxygen atoms in total. The maximum Gasteiger partial charge on any atom is 0.315 e. The summed E-state index contributed by atoms with van der Waals surface area (Å²) in [7, 11) is 3.14. The first-order chi connectivity index (χ1) is 16.8. The summed E-state index contributed by atoms with van der Waals surface area (Å²) >= 11 is 0. The summed E-state index contributed by atoms with van der Waals surface area (Å²) in [4.78, 5) is 27.0. The molecule has 0 fully saturated rings. The van der Waals surface area contributed by atoms with Gasteiger partial charge in [-0.3, -0.25) is 9.59 Å². The van der Waals surface area contributed by atoms with Gasteiger partial charge < -0.3 is 19.5 Å². The molecule has 0 amide bonds. The van der Waals surface area contributed by atoms with Gasteiger partial charge in [0.2, 0.25) is 0 Å². The van der Waals surface area contributed by atoms with Crippen LogP contribution in [0.4, 0.5) is 0 Å². The lowest BCUT2D eigenvalue weighted by atomic mass is 9.69. The highest BCUT2D eigenvalue weighted by atomic mass is 16.5. The highest BCUT2D eigenvalue weighted by Crippen LogP contribution is 2.48.